The quantitative estimate of drug-likeness (QED) is 0.0629. The maximum absolute atomic E-state index is 13.7. The van der Waals surface area contributed by atoms with Gasteiger partial charge in [-0.3, -0.25) is 14.5 Å². The molecule has 1 N–H and O–H groups in total. The van der Waals surface area contributed by atoms with E-state index in [0.29, 0.717) is 45.9 Å². The summed E-state index contributed by atoms with van der Waals surface area (Å²) in [6.07, 6.45) is 1.55. The standard InChI is InChI=1S/C34H32FN3O5S2/c1-19(2)13-14-42-26-6-4-5-22(17-26)29-28(30(39)23-9-12-27-24(16-23)15-20(3)43-27)31(40)32(41)38(29)33-36-37-34(45-33)44-18-21-7-10-25(35)11-8-21/h4-12,16-17,19-20,29,39H,13-15,18H2,1-3H3/b30-28+/t20-,29+/m1/s1. The zero-order valence-corrected chi connectivity index (χ0v) is 26.7. The monoisotopic (exact) mass is 645 g/mol. The maximum Gasteiger partial charge on any atom is 0.301 e. The van der Waals surface area contributed by atoms with Crippen molar-refractivity contribution in [2.45, 2.75) is 55.9 Å². The lowest BCUT2D eigenvalue weighted by Gasteiger charge is -2.23. The van der Waals surface area contributed by atoms with E-state index < -0.39 is 17.7 Å². The lowest BCUT2D eigenvalue weighted by molar-refractivity contribution is -0.132. The first-order chi connectivity index (χ1) is 21.7. The Balaban J connectivity index is 1.37. The highest BCUT2D eigenvalue weighted by Crippen LogP contribution is 2.45. The number of ketones is 1. The highest BCUT2D eigenvalue weighted by Gasteiger charge is 2.48. The summed E-state index contributed by atoms with van der Waals surface area (Å²) in [7, 11) is 0. The van der Waals surface area contributed by atoms with Gasteiger partial charge < -0.3 is 14.6 Å². The van der Waals surface area contributed by atoms with E-state index in [4.69, 9.17) is 9.47 Å². The summed E-state index contributed by atoms with van der Waals surface area (Å²) in [5.41, 5.74) is 2.80. The summed E-state index contributed by atoms with van der Waals surface area (Å²) < 4.78 is 25.7. The number of nitrogens with zero attached hydrogens (tertiary/aromatic N) is 3. The molecule has 45 heavy (non-hydrogen) atoms. The molecule has 8 nitrogen and oxygen atoms in total. The van der Waals surface area contributed by atoms with Crippen molar-refractivity contribution in [3.63, 3.8) is 0 Å². The fourth-order valence-electron chi connectivity index (χ4n) is 5.34. The van der Waals surface area contributed by atoms with E-state index in [0.717, 1.165) is 23.3 Å². The zero-order chi connectivity index (χ0) is 31.7. The fourth-order valence-corrected chi connectivity index (χ4v) is 7.16. The minimum Gasteiger partial charge on any atom is -0.507 e. The number of benzene rings is 3. The van der Waals surface area contributed by atoms with E-state index in [1.807, 2.05) is 13.0 Å². The highest BCUT2D eigenvalue weighted by molar-refractivity contribution is 8.00. The van der Waals surface area contributed by atoms with E-state index in [-0.39, 0.29) is 28.4 Å². The molecule has 1 aromatic heterocycles. The Kier molecular flexibility index (Phi) is 8.91. The number of halogens is 1. The van der Waals surface area contributed by atoms with Crippen LogP contribution in [0.2, 0.25) is 0 Å². The lowest BCUT2D eigenvalue weighted by atomic mass is 9.94. The number of aromatic nitrogens is 2. The topological polar surface area (TPSA) is 102 Å². The molecular weight excluding hydrogens is 614 g/mol. The van der Waals surface area contributed by atoms with Crippen molar-refractivity contribution < 1.29 is 28.6 Å². The normalized spacial score (nSPS) is 18.8. The van der Waals surface area contributed by atoms with Crippen LogP contribution in [0.5, 0.6) is 11.5 Å². The van der Waals surface area contributed by atoms with Crippen molar-refractivity contribution in [2.24, 2.45) is 5.92 Å². The summed E-state index contributed by atoms with van der Waals surface area (Å²) in [4.78, 5) is 28.7. The Morgan fingerprint density at radius 2 is 1.93 bits per heavy atom. The van der Waals surface area contributed by atoms with Crippen LogP contribution in [0.15, 0.2) is 76.6 Å². The van der Waals surface area contributed by atoms with Crippen LogP contribution in [0.3, 0.4) is 0 Å². The average molecular weight is 646 g/mol. The van der Waals surface area contributed by atoms with Crippen molar-refractivity contribution in [1.82, 2.24) is 10.2 Å². The molecule has 1 saturated heterocycles. The van der Waals surface area contributed by atoms with Crippen molar-refractivity contribution in [3.05, 3.63) is 100 Å². The highest BCUT2D eigenvalue weighted by atomic mass is 32.2. The summed E-state index contributed by atoms with van der Waals surface area (Å²) in [6, 6.07) is 17.7. The van der Waals surface area contributed by atoms with Gasteiger partial charge >= 0.3 is 5.91 Å². The first-order valence-corrected chi connectivity index (χ1v) is 16.5. The first-order valence-electron chi connectivity index (χ1n) is 14.7. The van der Waals surface area contributed by atoms with Crippen LogP contribution in [-0.2, 0) is 21.8 Å². The molecule has 232 valence electrons. The molecule has 2 atom stereocenters. The zero-order valence-electron chi connectivity index (χ0n) is 25.0. The van der Waals surface area contributed by atoms with Crippen molar-refractivity contribution in [1.29, 1.82) is 0 Å². The molecule has 4 aromatic rings. The Hall–Kier alpha value is -4.22. The molecule has 0 radical (unpaired) electrons. The molecule has 0 spiro atoms. The predicted molar refractivity (Wildman–Crippen MR) is 172 cm³/mol. The van der Waals surface area contributed by atoms with Crippen LogP contribution in [0.25, 0.3) is 5.76 Å². The lowest BCUT2D eigenvalue weighted by Crippen LogP contribution is -2.29. The van der Waals surface area contributed by atoms with Crippen molar-refractivity contribution in [2.75, 3.05) is 11.5 Å². The number of anilines is 1. The van der Waals surface area contributed by atoms with Gasteiger partial charge in [-0.05, 0) is 78.4 Å². The van der Waals surface area contributed by atoms with Crippen LogP contribution >= 0.6 is 23.1 Å². The molecule has 11 heteroatoms. The van der Waals surface area contributed by atoms with Crippen molar-refractivity contribution in [3.8, 4) is 11.5 Å². The second-order valence-corrected chi connectivity index (χ2v) is 13.7. The number of hydrogen-bond acceptors (Lipinski definition) is 9. The smallest absolute Gasteiger partial charge is 0.301 e. The number of fused-ring (bicyclic) bond motifs is 1. The van der Waals surface area contributed by atoms with Crippen LogP contribution in [-0.4, -0.2) is 39.7 Å². The number of rotatable bonds is 10. The van der Waals surface area contributed by atoms with Gasteiger partial charge in [-0.15, -0.1) is 10.2 Å². The van der Waals surface area contributed by atoms with E-state index in [1.165, 1.54) is 40.1 Å². The molecule has 0 bridgehead atoms. The van der Waals surface area contributed by atoms with E-state index >= 15 is 0 Å². The molecule has 0 aliphatic carbocycles. The van der Waals surface area contributed by atoms with Crippen molar-refractivity contribution >= 4 is 45.7 Å². The van der Waals surface area contributed by atoms with Gasteiger partial charge in [0.1, 0.15) is 29.2 Å². The molecule has 2 aliphatic heterocycles. The number of carbonyl (C=O) groups is 2. The van der Waals surface area contributed by atoms with Crippen LogP contribution in [0, 0.1) is 11.7 Å². The van der Waals surface area contributed by atoms with Crippen LogP contribution in [0.4, 0.5) is 9.52 Å². The Morgan fingerprint density at radius 3 is 2.71 bits per heavy atom. The van der Waals surface area contributed by atoms with Gasteiger partial charge in [0.2, 0.25) is 5.13 Å². The minimum atomic E-state index is -0.968. The third-order valence-corrected chi connectivity index (χ3v) is 9.76. The molecule has 6 rings (SSSR count). The number of amides is 1. The fraction of sp³-hybridized carbons (Fsp3) is 0.294. The van der Waals surface area contributed by atoms with Gasteiger partial charge in [0.15, 0.2) is 4.34 Å². The molecule has 0 saturated carbocycles. The summed E-state index contributed by atoms with van der Waals surface area (Å²) >= 11 is 2.57. The van der Waals surface area contributed by atoms with E-state index in [9.17, 15) is 19.1 Å². The van der Waals surface area contributed by atoms with Crippen LogP contribution in [0.1, 0.15) is 55.5 Å². The predicted octanol–water partition coefficient (Wildman–Crippen LogP) is 7.34. The number of thioether (sulfide) groups is 1. The number of aliphatic hydroxyl groups excluding tert-OH is 1. The SMILES string of the molecule is CC(C)CCOc1cccc([C@H]2/C(=C(\O)c3ccc4c(c3)C[C@@H](C)O4)C(=O)C(=O)N2c2nnc(SCc3ccc(F)cc3)s2)c1. The molecule has 3 heterocycles. The molecule has 0 unspecified atom stereocenters. The number of aliphatic hydroxyl groups is 1. The number of ether oxygens (including phenoxy) is 2. The first kappa shape index (κ1) is 30.8. The van der Waals surface area contributed by atoms with E-state index in [2.05, 4.69) is 24.0 Å². The summed E-state index contributed by atoms with van der Waals surface area (Å²) in [5.74, 6) is 0.111. The molecule has 1 amide bonds. The summed E-state index contributed by atoms with van der Waals surface area (Å²) in [6.45, 7) is 6.72. The van der Waals surface area contributed by atoms with Crippen LogP contribution < -0.4 is 14.4 Å². The van der Waals surface area contributed by atoms with Gasteiger partial charge in [-0.2, -0.15) is 0 Å². The minimum absolute atomic E-state index is 0.00828. The van der Waals surface area contributed by atoms with Gasteiger partial charge in [0.25, 0.3) is 5.78 Å². The number of carbonyl (C=O) groups excluding carboxylic acids is 2. The third-order valence-electron chi connectivity index (χ3n) is 7.63. The molecule has 2 aliphatic rings. The second kappa shape index (κ2) is 13.0. The second-order valence-electron chi connectivity index (χ2n) is 11.5. The summed E-state index contributed by atoms with van der Waals surface area (Å²) in [5, 5.41) is 20.4. The Labute approximate surface area is 268 Å². The Bertz CT molecular complexity index is 1770. The van der Waals surface area contributed by atoms with E-state index in [1.54, 1.807) is 48.5 Å². The number of Topliss-reactive ketones (excluding diaryl/α,β-unsaturated/α-hetero) is 1. The van der Waals surface area contributed by atoms with Gasteiger partial charge in [-0.25, -0.2) is 4.39 Å². The van der Waals surface area contributed by atoms with Gasteiger partial charge in [-0.1, -0.05) is 61.2 Å². The largest absolute Gasteiger partial charge is 0.507 e. The third kappa shape index (κ3) is 6.60. The Morgan fingerprint density at radius 1 is 1.13 bits per heavy atom. The van der Waals surface area contributed by atoms with Gasteiger partial charge in [0.05, 0.1) is 18.2 Å². The molecule has 3 aromatic carbocycles. The van der Waals surface area contributed by atoms with Gasteiger partial charge in [0, 0.05) is 17.7 Å². The maximum atomic E-state index is 13.7. The molecule has 1 fully saturated rings. The number of hydrogen-bond donors (Lipinski definition) is 1. The average Bonchev–Trinajstić information content (AvgIpc) is 3.71. The molecular formula is C34H32FN3O5S2.